The van der Waals surface area contributed by atoms with Gasteiger partial charge in [-0.3, -0.25) is 14.3 Å². The van der Waals surface area contributed by atoms with Gasteiger partial charge in [0.1, 0.15) is 11.8 Å². The normalized spacial score (nSPS) is 15.6. The minimum absolute atomic E-state index is 0.0173. The highest BCUT2D eigenvalue weighted by Gasteiger charge is 2.29. The lowest BCUT2D eigenvalue weighted by Gasteiger charge is -2.36. The molecule has 0 bridgehead atoms. The number of carbonyl (C=O) groups is 2. The second-order valence-corrected chi connectivity index (χ2v) is 6.89. The number of aromatic nitrogens is 2. The molecule has 1 aromatic heterocycles. The third kappa shape index (κ3) is 3.97. The van der Waals surface area contributed by atoms with Gasteiger partial charge in [-0.1, -0.05) is 0 Å². The van der Waals surface area contributed by atoms with E-state index in [1.54, 1.807) is 41.0 Å². The summed E-state index contributed by atoms with van der Waals surface area (Å²) in [6, 6.07) is 8.72. The largest absolute Gasteiger partial charge is 0.497 e. The first kappa shape index (κ1) is 18.9. The fourth-order valence-electron chi connectivity index (χ4n) is 3.45. The summed E-state index contributed by atoms with van der Waals surface area (Å²) < 4.78 is 6.90. The fraction of sp³-hybridized carbons (Fsp3) is 0.450. The second kappa shape index (κ2) is 7.82. The highest BCUT2D eigenvalue weighted by Crippen LogP contribution is 2.17. The van der Waals surface area contributed by atoms with Crippen LogP contribution in [-0.4, -0.2) is 64.7 Å². The monoisotopic (exact) mass is 370 g/mol. The molecule has 0 spiro atoms. The van der Waals surface area contributed by atoms with E-state index in [-0.39, 0.29) is 17.9 Å². The van der Waals surface area contributed by atoms with Gasteiger partial charge in [0, 0.05) is 37.4 Å². The van der Waals surface area contributed by atoms with E-state index in [2.05, 4.69) is 5.10 Å². The minimum atomic E-state index is -0.345. The molecule has 0 aliphatic carbocycles. The SMILES string of the molecule is COc1ccc(C(=O)N2CCN(C(=O)[C@H](C)n3nc(C)cc3C)CC2)cc1. The molecular formula is C20H26N4O3. The molecule has 3 rings (SSSR count). The van der Waals surface area contributed by atoms with E-state index in [1.807, 2.05) is 31.7 Å². The Kier molecular flexibility index (Phi) is 5.48. The van der Waals surface area contributed by atoms with Crippen molar-refractivity contribution >= 4 is 11.8 Å². The summed E-state index contributed by atoms with van der Waals surface area (Å²) in [5.74, 6) is 0.745. The van der Waals surface area contributed by atoms with E-state index in [0.29, 0.717) is 31.7 Å². The topological polar surface area (TPSA) is 67.7 Å². The molecule has 0 N–H and O–H groups in total. The molecule has 144 valence electrons. The number of amides is 2. The molecule has 7 nitrogen and oxygen atoms in total. The molecule has 2 amide bonds. The summed E-state index contributed by atoms with van der Waals surface area (Å²) in [6.07, 6.45) is 0. The Balaban J connectivity index is 1.60. The first-order chi connectivity index (χ1) is 12.9. The van der Waals surface area contributed by atoms with Crippen molar-refractivity contribution in [3.63, 3.8) is 0 Å². The number of piperazine rings is 1. The van der Waals surface area contributed by atoms with E-state index in [4.69, 9.17) is 4.74 Å². The van der Waals surface area contributed by atoms with Gasteiger partial charge in [-0.25, -0.2) is 0 Å². The number of rotatable bonds is 4. The number of hydrogen-bond donors (Lipinski definition) is 0. The Morgan fingerprint density at radius 3 is 2.15 bits per heavy atom. The van der Waals surface area contributed by atoms with Crippen molar-refractivity contribution in [2.75, 3.05) is 33.3 Å². The molecular weight excluding hydrogens is 344 g/mol. The van der Waals surface area contributed by atoms with Gasteiger partial charge in [-0.15, -0.1) is 0 Å². The molecule has 2 heterocycles. The van der Waals surface area contributed by atoms with E-state index in [9.17, 15) is 9.59 Å². The molecule has 1 aliphatic heterocycles. The van der Waals surface area contributed by atoms with Crippen molar-refractivity contribution in [1.82, 2.24) is 19.6 Å². The summed E-state index contributed by atoms with van der Waals surface area (Å²) >= 11 is 0. The zero-order valence-corrected chi connectivity index (χ0v) is 16.3. The van der Waals surface area contributed by atoms with E-state index in [1.165, 1.54) is 0 Å². The Labute approximate surface area is 159 Å². The number of ether oxygens (including phenoxy) is 1. The highest BCUT2D eigenvalue weighted by molar-refractivity contribution is 5.94. The smallest absolute Gasteiger partial charge is 0.253 e. The number of nitrogens with zero attached hydrogens (tertiary/aromatic N) is 4. The Bertz CT molecular complexity index is 820. The molecule has 1 aliphatic rings. The van der Waals surface area contributed by atoms with E-state index >= 15 is 0 Å². The second-order valence-electron chi connectivity index (χ2n) is 6.89. The van der Waals surface area contributed by atoms with Crippen LogP contribution < -0.4 is 4.74 Å². The van der Waals surface area contributed by atoms with Gasteiger partial charge in [-0.2, -0.15) is 5.10 Å². The molecule has 1 atom stereocenters. The lowest BCUT2D eigenvalue weighted by atomic mass is 10.1. The molecule has 0 unspecified atom stereocenters. The standard InChI is InChI=1S/C20H26N4O3/c1-14-13-15(2)24(21-14)16(3)19(25)22-9-11-23(12-10-22)20(26)17-5-7-18(27-4)8-6-17/h5-8,13,16H,9-12H2,1-4H3/t16-/m0/s1. The van der Waals surface area contributed by atoms with E-state index < -0.39 is 0 Å². The molecule has 2 aromatic rings. The lowest BCUT2D eigenvalue weighted by Crippen LogP contribution is -2.52. The Morgan fingerprint density at radius 1 is 1.04 bits per heavy atom. The van der Waals surface area contributed by atoms with Crippen molar-refractivity contribution in [1.29, 1.82) is 0 Å². The van der Waals surface area contributed by atoms with Crippen molar-refractivity contribution in [2.45, 2.75) is 26.8 Å². The lowest BCUT2D eigenvalue weighted by molar-refractivity contribution is -0.136. The molecule has 1 fully saturated rings. The Hall–Kier alpha value is -2.83. The van der Waals surface area contributed by atoms with Crippen LogP contribution in [0, 0.1) is 13.8 Å². The number of methoxy groups -OCH3 is 1. The molecule has 1 aromatic carbocycles. The quantitative estimate of drug-likeness (QED) is 0.826. The third-order valence-electron chi connectivity index (χ3n) is 4.98. The predicted molar refractivity (Wildman–Crippen MR) is 102 cm³/mol. The summed E-state index contributed by atoms with van der Waals surface area (Å²) in [7, 11) is 1.60. The van der Waals surface area contributed by atoms with Crippen LogP contribution in [0.5, 0.6) is 5.75 Å². The fourth-order valence-corrected chi connectivity index (χ4v) is 3.45. The van der Waals surface area contributed by atoms with Gasteiger partial charge in [-0.05, 0) is 51.1 Å². The molecule has 7 heteroatoms. The van der Waals surface area contributed by atoms with Crippen molar-refractivity contribution < 1.29 is 14.3 Å². The van der Waals surface area contributed by atoms with Gasteiger partial charge in [0.2, 0.25) is 5.91 Å². The molecule has 0 saturated carbocycles. The number of hydrogen-bond acceptors (Lipinski definition) is 4. The average molecular weight is 370 g/mol. The summed E-state index contributed by atoms with van der Waals surface area (Å²) in [4.78, 5) is 29.1. The van der Waals surface area contributed by atoms with E-state index in [0.717, 1.165) is 17.1 Å². The molecule has 27 heavy (non-hydrogen) atoms. The van der Waals surface area contributed by atoms with Crippen LogP contribution in [0.25, 0.3) is 0 Å². The summed E-state index contributed by atoms with van der Waals surface area (Å²) in [6.45, 7) is 7.87. The zero-order chi connectivity index (χ0) is 19.6. The van der Waals surface area contributed by atoms with Gasteiger partial charge in [0.05, 0.1) is 12.8 Å². The maximum Gasteiger partial charge on any atom is 0.253 e. The predicted octanol–water partition coefficient (Wildman–Crippen LogP) is 2.05. The number of benzene rings is 1. The first-order valence-corrected chi connectivity index (χ1v) is 9.15. The average Bonchev–Trinajstić information content (AvgIpc) is 3.04. The van der Waals surface area contributed by atoms with Crippen LogP contribution >= 0.6 is 0 Å². The van der Waals surface area contributed by atoms with Gasteiger partial charge in [0.15, 0.2) is 0 Å². The summed E-state index contributed by atoms with van der Waals surface area (Å²) in [5, 5.41) is 4.42. The first-order valence-electron chi connectivity index (χ1n) is 9.15. The Morgan fingerprint density at radius 2 is 1.63 bits per heavy atom. The highest BCUT2D eigenvalue weighted by atomic mass is 16.5. The zero-order valence-electron chi connectivity index (χ0n) is 16.3. The van der Waals surface area contributed by atoms with Gasteiger partial charge < -0.3 is 14.5 Å². The van der Waals surface area contributed by atoms with Gasteiger partial charge >= 0.3 is 0 Å². The molecule has 0 radical (unpaired) electrons. The number of carbonyl (C=O) groups excluding carboxylic acids is 2. The summed E-state index contributed by atoms with van der Waals surface area (Å²) in [5.41, 5.74) is 2.51. The van der Waals surface area contributed by atoms with Crippen LogP contribution in [0.4, 0.5) is 0 Å². The van der Waals surface area contributed by atoms with Crippen molar-refractivity contribution in [3.05, 3.63) is 47.3 Å². The maximum atomic E-state index is 12.8. The van der Waals surface area contributed by atoms with Crippen LogP contribution in [0.2, 0.25) is 0 Å². The molecule has 1 saturated heterocycles. The van der Waals surface area contributed by atoms with Crippen LogP contribution in [0.15, 0.2) is 30.3 Å². The van der Waals surface area contributed by atoms with Crippen LogP contribution in [0.1, 0.15) is 34.7 Å². The van der Waals surface area contributed by atoms with Crippen molar-refractivity contribution in [3.8, 4) is 5.75 Å². The van der Waals surface area contributed by atoms with Crippen LogP contribution in [0.3, 0.4) is 0 Å². The van der Waals surface area contributed by atoms with Crippen LogP contribution in [-0.2, 0) is 4.79 Å². The maximum absolute atomic E-state index is 12.8. The van der Waals surface area contributed by atoms with Crippen molar-refractivity contribution in [2.24, 2.45) is 0 Å². The van der Waals surface area contributed by atoms with Gasteiger partial charge in [0.25, 0.3) is 5.91 Å². The third-order valence-corrected chi connectivity index (χ3v) is 4.98. The number of aryl methyl sites for hydroxylation is 2. The minimum Gasteiger partial charge on any atom is -0.497 e.